The number of rotatable bonds is 4. The van der Waals surface area contributed by atoms with Crippen LogP contribution >= 0.6 is 15.9 Å². The van der Waals surface area contributed by atoms with Gasteiger partial charge >= 0.3 is 0 Å². The topological polar surface area (TPSA) is 41.6 Å². The largest absolute Gasteiger partial charge is 0.370 e. The van der Waals surface area contributed by atoms with Gasteiger partial charge in [-0.25, -0.2) is 4.99 Å². The lowest BCUT2D eigenvalue weighted by Gasteiger charge is -2.19. The average Bonchev–Trinajstić information content (AvgIpc) is 3.10. The van der Waals surface area contributed by atoms with Gasteiger partial charge in [0, 0.05) is 23.5 Å². The second-order valence-corrected chi connectivity index (χ2v) is 5.44. The van der Waals surface area contributed by atoms with Crippen molar-refractivity contribution in [1.29, 1.82) is 0 Å². The molecular formula is C14H20BrN3. The summed E-state index contributed by atoms with van der Waals surface area (Å²) in [6, 6.07) is 8.72. The molecule has 0 unspecified atom stereocenters. The molecule has 1 fully saturated rings. The molecule has 2 N–H and O–H groups in total. The van der Waals surface area contributed by atoms with E-state index in [0.29, 0.717) is 17.9 Å². The van der Waals surface area contributed by atoms with Gasteiger partial charge in [0.1, 0.15) is 0 Å². The van der Waals surface area contributed by atoms with Crippen LogP contribution in [0.2, 0.25) is 0 Å². The number of nitrogens with zero attached hydrogens (tertiary/aromatic N) is 2. The standard InChI is InChI=1S/C14H20BrN3/c1-3-18(4-2)14(16)17-13-9-11(13)10-7-5-6-8-12(10)15/h5-8,11,13H,3-4,9H2,1-2H3,(H2,16,17)/t11-,13+/m0/s1. The minimum absolute atomic E-state index is 0.351. The zero-order valence-electron chi connectivity index (χ0n) is 10.9. The fourth-order valence-corrected chi connectivity index (χ4v) is 2.81. The second kappa shape index (κ2) is 5.74. The Morgan fingerprint density at radius 2 is 2.06 bits per heavy atom. The van der Waals surface area contributed by atoms with Gasteiger partial charge < -0.3 is 10.6 Å². The Balaban J connectivity index is 2.04. The van der Waals surface area contributed by atoms with Crippen LogP contribution in [0.3, 0.4) is 0 Å². The first-order chi connectivity index (χ1) is 8.67. The zero-order chi connectivity index (χ0) is 13.1. The van der Waals surface area contributed by atoms with Crippen LogP contribution in [0, 0.1) is 0 Å². The molecule has 0 aromatic heterocycles. The maximum Gasteiger partial charge on any atom is 0.191 e. The third-order valence-electron chi connectivity index (χ3n) is 3.45. The quantitative estimate of drug-likeness (QED) is 0.686. The Morgan fingerprint density at radius 3 is 2.67 bits per heavy atom. The molecule has 3 nitrogen and oxygen atoms in total. The predicted octanol–water partition coefficient (Wildman–Crippen LogP) is 2.96. The van der Waals surface area contributed by atoms with Crippen molar-refractivity contribution in [3.05, 3.63) is 34.3 Å². The van der Waals surface area contributed by atoms with Crippen LogP contribution in [0.25, 0.3) is 0 Å². The van der Waals surface area contributed by atoms with Gasteiger partial charge in [-0.1, -0.05) is 34.1 Å². The molecule has 98 valence electrons. The maximum absolute atomic E-state index is 6.02. The number of guanidine groups is 1. The maximum atomic E-state index is 6.02. The number of nitrogens with two attached hydrogens (primary N) is 1. The fourth-order valence-electron chi connectivity index (χ4n) is 2.23. The van der Waals surface area contributed by atoms with Crippen LogP contribution in [-0.2, 0) is 0 Å². The van der Waals surface area contributed by atoms with Crippen LogP contribution < -0.4 is 5.73 Å². The molecule has 0 radical (unpaired) electrons. The summed E-state index contributed by atoms with van der Waals surface area (Å²) in [6.07, 6.45) is 1.10. The molecule has 1 saturated carbocycles. The van der Waals surface area contributed by atoms with Gasteiger partial charge in [0.05, 0.1) is 6.04 Å². The van der Waals surface area contributed by atoms with E-state index in [0.717, 1.165) is 19.5 Å². The molecule has 2 rings (SSSR count). The second-order valence-electron chi connectivity index (χ2n) is 4.59. The Kier molecular flexibility index (Phi) is 4.27. The van der Waals surface area contributed by atoms with Crippen LogP contribution in [0.1, 0.15) is 31.7 Å². The van der Waals surface area contributed by atoms with Crippen LogP contribution in [-0.4, -0.2) is 30.0 Å². The summed E-state index contributed by atoms with van der Waals surface area (Å²) in [6.45, 7) is 6.03. The minimum atomic E-state index is 0.351. The van der Waals surface area contributed by atoms with Gasteiger partial charge in [-0.2, -0.15) is 0 Å². The van der Waals surface area contributed by atoms with Gasteiger partial charge in [0.25, 0.3) is 0 Å². The summed E-state index contributed by atoms with van der Waals surface area (Å²) >= 11 is 3.60. The van der Waals surface area contributed by atoms with Crippen molar-refractivity contribution < 1.29 is 0 Å². The van der Waals surface area contributed by atoms with E-state index >= 15 is 0 Å². The summed E-state index contributed by atoms with van der Waals surface area (Å²) in [5.74, 6) is 1.20. The zero-order valence-corrected chi connectivity index (χ0v) is 12.5. The normalized spacial score (nSPS) is 22.9. The minimum Gasteiger partial charge on any atom is -0.370 e. The third-order valence-corrected chi connectivity index (χ3v) is 4.17. The Bertz CT molecular complexity index is 440. The van der Waals surface area contributed by atoms with Crippen molar-refractivity contribution >= 4 is 21.9 Å². The molecule has 18 heavy (non-hydrogen) atoms. The van der Waals surface area contributed by atoms with Crippen molar-refractivity contribution in [2.24, 2.45) is 10.7 Å². The highest BCUT2D eigenvalue weighted by molar-refractivity contribution is 9.10. The molecule has 1 aliphatic carbocycles. The first kappa shape index (κ1) is 13.4. The Morgan fingerprint density at radius 1 is 1.39 bits per heavy atom. The summed E-state index contributed by atoms with van der Waals surface area (Å²) < 4.78 is 1.18. The van der Waals surface area contributed by atoms with Gasteiger partial charge in [-0.05, 0) is 31.9 Å². The van der Waals surface area contributed by atoms with Crippen LogP contribution in [0.4, 0.5) is 0 Å². The van der Waals surface area contributed by atoms with Crippen molar-refractivity contribution in [3.63, 3.8) is 0 Å². The van der Waals surface area contributed by atoms with E-state index in [2.05, 4.69) is 57.9 Å². The molecule has 0 bridgehead atoms. The Labute approximate surface area is 117 Å². The molecule has 1 aromatic carbocycles. The Hall–Kier alpha value is -1.03. The molecule has 4 heteroatoms. The van der Waals surface area contributed by atoms with E-state index in [4.69, 9.17) is 5.73 Å². The molecule has 1 aromatic rings. The lowest BCUT2D eigenvalue weighted by atomic mass is 10.1. The van der Waals surface area contributed by atoms with E-state index in [1.165, 1.54) is 10.0 Å². The summed E-state index contributed by atoms with van der Waals surface area (Å²) in [5, 5.41) is 0. The number of hydrogen-bond donors (Lipinski definition) is 1. The van der Waals surface area contributed by atoms with Gasteiger partial charge in [-0.15, -0.1) is 0 Å². The number of benzene rings is 1. The first-order valence-electron chi connectivity index (χ1n) is 6.50. The van der Waals surface area contributed by atoms with Crippen molar-refractivity contribution in [1.82, 2.24) is 4.90 Å². The van der Waals surface area contributed by atoms with E-state index in [-0.39, 0.29) is 0 Å². The molecule has 0 amide bonds. The van der Waals surface area contributed by atoms with E-state index < -0.39 is 0 Å². The SMILES string of the molecule is CCN(CC)C(N)=N[C@@H]1C[C@H]1c1ccccc1Br. The smallest absolute Gasteiger partial charge is 0.191 e. The first-order valence-corrected chi connectivity index (χ1v) is 7.29. The lowest BCUT2D eigenvalue weighted by molar-refractivity contribution is 0.458. The third kappa shape index (κ3) is 2.86. The summed E-state index contributed by atoms with van der Waals surface area (Å²) in [5.41, 5.74) is 7.37. The van der Waals surface area contributed by atoms with Gasteiger partial charge in [-0.3, -0.25) is 0 Å². The molecular weight excluding hydrogens is 290 g/mol. The van der Waals surface area contributed by atoms with Crippen molar-refractivity contribution in [3.8, 4) is 0 Å². The average molecular weight is 310 g/mol. The van der Waals surface area contributed by atoms with Gasteiger partial charge in [0.15, 0.2) is 5.96 Å². The highest BCUT2D eigenvalue weighted by atomic mass is 79.9. The lowest BCUT2D eigenvalue weighted by Crippen LogP contribution is -2.37. The van der Waals surface area contributed by atoms with Crippen LogP contribution in [0.5, 0.6) is 0 Å². The number of hydrogen-bond acceptors (Lipinski definition) is 1. The molecule has 1 aliphatic rings. The highest BCUT2D eigenvalue weighted by Crippen LogP contribution is 2.45. The summed E-state index contributed by atoms with van der Waals surface area (Å²) in [7, 11) is 0. The molecule has 0 heterocycles. The summed E-state index contributed by atoms with van der Waals surface area (Å²) in [4.78, 5) is 6.72. The number of halogens is 1. The predicted molar refractivity (Wildman–Crippen MR) is 79.8 cm³/mol. The fraction of sp³-hybridized carbons (Fsp3) is 0.500. The van der Waals surface area contributed by atoms with E-state index in [1.54, 1.807) is 0 Å². The van der Waals surface area contributed by atoms with Crippen molar-refractivity contribution in [2.45, 2.75) is 32.2 Å². The number of aliphatic imine (C=N–C) groups is 1. The molecule has 2 atom stereocenters. The van der Waals surface area contributed by atoms with Crippen LogP contribution in [0.15, 0.2) is 33.7 Å². The van der Waals surface area contributed by atoms with E-state index in [9.17, 15) is 0 Å². The van der Waals surface area contributed by atoms with Gasteiger partial charge in [0.2, 0.25) is 0 Å². The van der Waals surface area contributed by atoms with Crippen molar-refractivity contribution in [2.75, 3.05) is 13.1 Å². The highest BCUT2D eigenvalue weighted by Gasteiger charge is 2.39. The monoisotopic (exact) mass is 309 g/mol. The molecule has 0 saturated heterocycles. The van der Waals surface area contributed by atoms with E-state index in [1.807, 2.05) is 6.07 Å². The molecule has 0 spiro atoms. The molecule has 0 aliphatic heterocycles.